The summed E-state index contributed by atoms with van der Waals surface area (Å²) >= 11 is 2.13. The van der Waals surface area contributed by atoms with E-state index in [1.165, 1.54) is 58.2 Å². The molecule has 1 saturated heterocycles. The zero-order valence-electron chi connectivity index (χ0n) is 14.0. The second kappa shape index (κ2) is 7.51. The van der Waals surface area contributed by atoms with Crippen molar-refractivity contribution in [2.45, 2.75) is 76.1 Å². The van der Waals surface area contributed by atoms with Gasteiger partial charge >= 0.3 is 0 Å². The lowest BCUT2D eigenvalue weighted by Gasteiger charge is -2.46. The van der Waals surface area contributed by atoms with Crippen molar-refractivity contribution in [1.29, 1.82) is 0 Å². The highest BCUT2D eigenvalue weighted by atomic mass is 32.2. The normalized spacial score (nSPS) is 34.5. The Bertz CT molecular complexity index is 289. The van der Waals surface area contributed by atoms with E-state index < -0.39 is 0 Å². The van der Waals surface area contributed by atoms with E-state index in [1.807, 2.05) is 0 Å². The van der Waals surface area contributed by atoms with Crippen LogP contribution in [0, 0.1) is 5.92 Å². The van der Waals surface area contributed by atoms with Crippen molar-refractivity contribution >= 4 is 11.8 Å². The molecule has 1 aliphatic heterocycles. The van der Waals surface area contributed by atoms with Crippen LogP contribution in [0.2, 0.25) is 0 Å². The van der Waals surface area contributed by atoms with E-state index in [9.17, 15) is 0 Å². The Kier molecular flexibility index (Phi) is 6.25. The molecule has 0 aromatic rings. The molecule has 1 saturated carbocycles. The third-order valence-corrected chi connectivity index (χ3v) is 7.20. The fourth-order valence-electron chi connectivity index (χ4n) is 4.10. The van der Waals surface area contributed by atoms with Crippen molar-refractivity contribution in [2.75, 3.05) is 25.9 Å². The van der Waals surface area contributed by atoms with E-state index in [-0.39, 0.29) is 0 Å². The van der Waals surface area contributed by atoms with E-state index >= 15 is 0 Å². The summed E-state index contributed by atoms with van der Waals surface area (Å²) in [5, 5.41) is 3.76. The number of hydrogen-bond donors (Lipinski definition) is 1. The Morgan fingerprint density at radius 1 is 1.25 bits per heavy atom. The zero-order valence-corrected chi connectivity index (χ0v) is 14.8. The molecule has 1 aliphatic carbocycles. The van der Waals surface area contributed by atoms with Crippen molar-refractivity contribution < 1.29 is 0 Å². The summed E-state index contributed by atoms with van der Waals surface area (Å²) < 4.78 is 0.567. The third-order valence-electron chi connectivity index (χ3n) is 5.79. The van der Waals surface area contributed by atoms with Gasteiger partial charge in [0.15, 0.2) is 0 Å². The SMILES string of the molecule is CCCNC1CCN(CC2(SC)CCCC2)C(C)C1C. The van der Waals surface area contributed by atoms with E-state index in [0.717, 1.165) is 18.0 Å². The molecule has 0 aromatic carbocycles. The van der Waals surface area contributed by atoms with Crippen LogP contribution in [-0.4, -0.2) is 47.6 Å². The molecular formula is C17H34N2S. The van der Waals surface area contributed by atoms with Crippen LogP contribution in [0.4, 0.5) is 0 Å². The lowest BCUT2D eigenvalue weighted by Crippen LogP contribution is -2.56. The van der Waals surface area contributed by atoms with Crippen molar-refractivity contribution in [3.8, 4) is 0 Å². The standard InChI is InChI=1S/C17H34N2S/c1-5-11-18-16-8-12-19(15(3)14(16)2)13-17(20-4)9-6-7-10-17/h14-16,18H,5-13H2,1-4H3. The van der Waals surface area contributed by atoms with E-state index in [0.29, 0.717) is 4.75 Å². The van der Waals surface area contributed by atoms with E-state index in [2.05, 4.69) is 49.0 Å². The van der Waals surface area contributed by atoms with Crippen LogP contribution in [0.5, 0.6) is 0 Å². The molecule has 0 bridgehead atoms. The second-order valence-corrected chi connectivity index (χ2v) is 8.29. The molecule has 1 heterocycles. The van der Waals surface area contributed by atoms with Gasteiger partial charge in [-0.15, -0.1) is 0 Å². The van der Waals surface area contributed by atoms with Crippen molar-refractivity contribution in [2.24, 2.45) is 5.92 Å². The lowest BCUT2D eigenvalue weighted by atomic mass is 9.86. The van der Waals surface area contributed by atoms with Crippen LogP contribution < -0.4 is 5.32 Å². The molecule has 3 heteroatoms. The Balaban J connectivity index is 1.91. The summed E-state index contributed by atoms with van der Waals surface area (Å²) in [6.07, 6.45) is 10.7. The molecular weight excluding hydrogens is 264 g/mol. The quantitative estimate of drug-likeness (QED) is 0.804. The second-order valence-electron chi connectivity index (χ2n) is 7.01. The lowest BCUT2D eigenvalue weighted by molar-refractivity contribution is 0.0761. The summed E-state index contributed by atoms with van der Waals surface area (Å²) in [6.45, 7) is 10.9. The molecule has 2 fully saturated rings. The predicted molar refractivity (Wildman–Crippen MR) is 91.6 cm³/mol. The van der Waals surface area contributed by atoms with Crippen LogP contribution in [-0.2, 0) is 0 Å². The number of hydrogen-bond acceptors (Lipinski definition) is 3. The first-order valence-electron chi connectivity index (χ1n) is 8.64. The van der Waals surface area contributed by atoms with Gasteiger partial charge in [0.2, 0.25) is 0 Å². The molecule has 0 spiro atoms. The number of nitrogens with one attached hydrogen (secondary N) is 1. The van der Waals surface area contributed by atoms with Gasteiger partial charge in [-0.2, -0.15) is 11.8 Å². The number of rotatable bonds is 6. The molecule has 3 atom stereocenters. The fraction of sp³-hybridized carbons (Fsp3) is 1.00. The van der Waals surface area contributed by atoms with Gasteiger partial charge in [-0.1, -0.05) is 26.7 Å². The highest BCUT2D eigenvalue weighted by Gasteiger charge is 2.39. The van der Waals surface area contributed by atoms with Gasteiger partial charge in [-0.05, 0) is 57.9 Å². The summed E-state index contributed by atoms with van der Waals surface area (Å²) in [5.74, 6) is 0.774. The minimum absolute atomic E-state index is 0.567. The van der Waals surface area contributed by atoms with Crippen LogP contribution in [0.3, 0.4) is 0 Å². The highest BCUT2D eigenvalue weighted by molar-refractivity contribution is 8.00. The largest absolute Gasteiger partial charge is 0.314 e. The van der Waals surface area contributed by atoms with Gasteiger partial charge in [0.25, 0.3) is 0 Å². The first-order chi connectivity index (χ1) is 9.62. The van der Waals surface area contributed by atoms with Gasteiger partial charge in [-0.25, -0.2) is 0 Å². The maximum Gasteiger partial charge on any atom is 0.0284 e. The highest BCUT2D eigenvalue weighted by Crippen LogP contribution is 2.42. The van der Waals surface area contributed by atoms with Gasteiger partial charge < -0.3 is 5.32 Å². The average molecular weight is 299 g/mol. The minimum atomic E-state index is 0.567. The van der Waals surface area contributed by atoms with Gasteiger partial charge in [0, 0.05) is 23.4 Å². The molecule has 0 radical (unpaired) electrons. The Morgan fingerprint density at radius 2 is 1.95 bits per heavy atom. The molecule has 118 valence electrons. The van der Waals surface area contributed by atoms with Crippen LogP contribution in [0.1, 0.15) is 59.3 Å². The van der Waals surface area contributed by atoms with Crippen molar-refractivity contribution in [3.05, 3.63) is 0 Å². The maximum absolute atomic E-state index is 3.76. The summed E-state index contributed by atoms with van der Waals surface area (Å²) in [4.78, 5) is 2.79. The Labute approximate surface area is 130 Å². The number of thioether (sulfide) groups is 1. The van der Waals surface area contributed by atoms with Crippen molar-refractivity contribution in [3.63, 3.8) is 0 Å². The zero-order chi connectivity index (χ0) is 14.6. The van der Waals surface area contributed by atoms with Gasteiger partial charge in [-0.3, -0.25) is 4.90 Å². The molecule has 0 aromatic heterocycles. The monoisotopic (exact) mass is 298 g/mol. The molecule has 2 nitrogen and oxygen atoms in total. The number of likely N-dealkylation sites (tertiary alicyclic amines) is 1. The maximum atomic E-state index is 3.76. The average Bonchev–Trinajstić information content (AvgIpc) is 2.92. The molecule has 1 N–H and O–H groups in total. The van der Waals surface area contributed by atoms with Crippen LogP contribution in [0.25, 0.3) is 0 Å². The minimum Gasteiger partial charge on any atom is -0.314 e. The smallest absolute Gasteiger partial charge is 0.0284 e. The van der Waals surface area contributed by atoms with Crippen molar-refractivity contribution in [1.82, 2.24) is 10.2 Å². The molecule has 2 aliphatic rings. The summed E-state index contributed by atoms with van der Waals surface area (Å²) in [5.41, 5.74) is 0. The summed E-state index contributed by atoms with van der Waals surface area (Å²) in [7, 11) is 0. The fourth-order valence-corrected chi connectivity index (χ4v) is 5.09. The van der Waals surface area contributed by atoms with Crippen LogP contribution in [0.15, 0.2) is 0 Å². The van der Waals surface area contributed by atoms with Gasteiger partial charge in [0.05, 0.1) is 0 Å². The molecule has 0 amide bonds. The van der Waals surface area contributed by atoms with E-state index in [1.54, 1.807) is 0 Å². The number of nitrogens with zero attached hydrogens (tertiary/aromatic N) is 1. The number of piperidine rings is 1. The van der Waals surface area contributed by atoms with Crippen LogP contribution >= 0.6 is 11.8 Å². The topological polar surface area (TPSA) is 15.3 Å². The van der Waals surface area contributed by atoms with E-state index in [4.69, 9.17) is 0 Å². The summed E-state index contributed by atoms with van der Waals surface area (Å²) in [6, 6.07) is 1.46. The Morgan fingerprint density at radius 3 is 2.55 bits per heavy atom. The molecule has 20 heavy (non-hydrogen) atoms. The molecule has 2 rings (SSSR count). The van der Waals surface area contributed by atoms with Gasteiger partial charge in [0.1, 0.15) is 0 Å². The predicted octanol–water partition coefficient (Wildman–Crippen LogP) is 3.76. The first-order valence-corrected chi connectivity index (χ1v) is 9.87. The first kappa shape index (κ1) is 16.6. The Hall–Kier alpha value is 0.270. The third kappa shape index (κ3) is 3.72. The molecule has 3 unspecified atom stereocenters.